The molecule has 0 spiro atoms. The average molecular weight is 280 g/mol. The van der Waals surface area contributed by atoms with Crippen LogP contribution in [0.4, 0.5) is 0 Å². The minimum Gasteiger partial charge on any atom is -0.309 e. The highest BCUT2D eigenvalue weighted by Crippen LogP contribution is 2.26. The molecule has 0 saturated heterocycles. The van der Waals surface area contributed by atoms with Crippen LogP contribution >= 0.6 is 0 Å². The average Bonchev–Trinajstić information content (AvgIpc) is 2.95. The summed E-state index contributed by atoms with van der Waals surface area (Å²) in [6, 6.07) is 11.5. The maximum Gasteiger partial charge on any atom is 0.0605 e. The van der Waals surface area contributed by atoms with E-state index in [1.165, 1.54) is 36.1 Å². The zero-order chi connectivity index (χ0) is 14.7. The molecule has 3 rings (SSSR count). The minimum atomic E-state index is 0.302. The second-order valence-electron chi connectivity index (χ2n) is 5.98. The molecule has 0 radical (unpaired) electrons. The molecule has 1 aromatic carbocycles. The first kappa shape index (κ1) is 14.3. The van der Waals surface area contributed by atoms with Crippen LogP contribution in [0.15, 0.2) is 36.5 Å². The number of nitrogens with one attached hydrogen (secondary N) is 1. The number of rotatable bonds is 5. The smallest absolute Gasteiger partial charge is 0.0605 e. The largest absolute Gasteiger partial charge is 0.309 e. The van der Waals surface area contributed by atoms with Crippen molar-refractivity contribution in [2.45, 2.75) is 45.6 Å². The van der Waals surface area contributed by atoms with Crippen LogP contribution in [-0.4, -0.2) is 11.5 Å². The maximum absolute atomic E-state index is 4.60. The number of pyridine rings is 1. The normalized spacial score (nSPS) is 15.0. The summed E-state index contributed by atoms with van der Waals surface area (Å²) in [4.78, 5) is 4.60. The third-order valence-electron chi connectivity index (χ3n) is 4.43. The molecule has 0 saturated carbocycles. The molecule has 0 bridgehead atoms. The zero-order valence-electron chi connectivity index (χ0n) is 13.0. The van der Waals surface area contributed by atoms with Crippen molar-refractivity contribution in [3.8, 4) is 0 Å². The molecule has 110 valence electrons. The Labute approximate surface area is 127 Å². The summed E-state index contributed by atoms with van der Waals surface area (Å²) in [5.74, 6) is 0. The Morgan fingerprint density at radius 2 is 2.05 bits per heavy atom. The third kappa shape index (κ3) is 3.16. The molecule has 0 aliphatic heterocycles. The van der Waals surface area contributed by atoms with Crippen molar-refractivity contribution >= 4 is 0 Å². The van der Waals surface area contributed by atoms with Gasteiger partial charge in [0.15, 0.2) is 0 Å². The predicted octanol–water partition coefficient (Wildman–Crippen LogP) is 3.77. The lowest BCUT2D eigenvalue weighted by Gasteiger charge is -2.19. The Morgan fingerprint density at radius 3 is 2.86 bits per heavy atom. The van der Waals surface area contributed by atoms with Crippen molar-refractivity contribution < 1.29 is 0 Å². The van der Waals surface area contributed by atoms with Crippen LogP contribution in [0, 0.1) is 6.92 Å². The molecule has 1 aliphatic rings. The first-order valence-electron chi connectivity index (χ1n) is 8.03. The van der Waals surface area contributed by atoms with Gasteiger partial charge in [-0.2, -0.15) is 0 Å². The van der Waals surface area contributed by atoms with Crippen LogP contribution in [0.3, 0.4) is 0 Å². The van der Waals surface area contributed by atoms with E-state index in [1.807, 2.05) is 12.3 Å². The predicted molar refractivity (Wildman–Crippen MR) is 87.6 cm³/mol. The fourth-order valence-electron chi connectivity index (χ4n) is 3.36. The van der Waals surface area contributed by atoms with Gasteiger partial charge < -0.3 is 5.32 Å². The first-order chi connectivity index (χ1) is 10.3. The van der Waals surface area contributed by atoms with Gasteiger partial charge in [-0.25, -0.2) is 0 Å². The molecule has 1 N–H and O–H groups in total. The number of benzene rings is 1. The van der Waals surface area contributed by atoms with Crippen LogP contribution in [0.1, 0.15) is 47.3 Å². The molecular weight excluding hydrogens is 256 g/mol. The molecule has 2 heteroatoms. The Hall–Kier alpha value is -1.67. The molecule has 21 heavy (non-hydrogen) atoms. The molecular formula is C19H24N2. The summed E-state index contributed by atoms with van der Waals surface area (Å²) in [5, 5.41) is 3.59. The van der Waals surface area contributed by atoms with E-state index in [-0.39, 0.29) is 0 Å². The standard InChI is InChI=1S/C19H24N2/c1-3-20-18(19-14(2)6-5-11-21-19)13-15-9-10-16-7-4-8-17(16)12-15/h5-6,9-12,18,20H,3-4,7-8,13H2,1-2H3. The van der Waals surface area contributed by atoms with Gasteiger partial charge in [-0.1, -0.05) is 31.2 Å². The Kier molecular flexibility index (Phi) is 4.35. The van der Waals surface area contributed by atoms with Gasteiger partial charge in [-0.3, -0.25) is 4.98 Å². The highest BCUT2D eigenvalue weighted by Gasteiger charge is 2.16. The molecule has 1 unspecified atom stereocenters. The molecule has 2 aromatic rings. The van der Waals surface area contributed by atoms with Gasteiger partial charge in [0, 0.05) is 6.20 Å². The van der Waals surface area contributed by atoms with E-state index in [2.05, 4.69) is 48.4 Å². The summed E-state index contributed by atoms with van der Waals surface area (Å²) >= 11 is 0. The number of fused-ring (bicyclic) bond motifs is 1. The lowest BCUT2D eigenvalue weighted by atomic mass is 9.97. The fraction of sp³-hybridized carbons (Fsp3) is 0.421. The van der Waals surface area contributed by atoms with Gasteiger partial charge in [0.1, 0.15) is 0 Å². The minimum absolute atomic E-state index is 0.302. The van der Waals surface area contributed by atoms with Crippen molar-refractivity contribution in [3.63, 3.8) is 0 Å². The van der Waals surface area contributed by atoms with E-state index in [0.29, 0.717) is 6.04 Å². The van der Waals surface area contributed by atoms with Crippen molar-refractivity contribution in [2.75, 3.05) is 6.54 Å². The fourth-order valence-corrected chi connectivity index (χ4v) is 3.36. The maximum atomic E-state index is 4.60. The topological polar surface area (TPSA) is 24.9 Å². The van der Waals surface area contributed by atoms with E-state index in [4.69, 9.17) is 0 Å². The number of likely N-dealkylation sites (N-methyl/N-ethyl adjacent to an activating group) is 1. The van der Waals surface area contributed by atoms with Gasteiger partial charge in [0.05, 0.1) is 11.7 Å². The molecule has 0 fully saturated rings. The quantitative estimate of drug-likeness (QED) is 0.901. The molecule has 2 nitrogen and oxygen atoms in total. The van der Waals surface area contributed by atoms with Crippen molar-refractivity contribution in [3.05, 3.63) is 64.5 Å². The summed E-state index contributed by atoms with van der Waals surface area (Å²) in [7, 11) is 0. The van der Waals surface area contributed by atoms with Gasteiger partial charge in [-0.05, 0) is 67.5 Å². The molecule has 1 aliphatic carbocycles. The van der Waals surface area contributed by atoms with Gasteiger partial charge in [0.25, 0.3) is 0 Å². The number of hydrogen-bond donors (Lipinski definition) is 1. The van der Waals surface area contributed by atoms with E-state index >= 15 is 0 Å². The number of nitrogens with zero attached hydrogens (tertiary/aromatic N) is 1. The highest BCUT2D eigenvalue weighted by molar-refractivity contribution is 5.36. The second-order valence-corrected chi connectivity index (χ2v) is 5.98. The van der Waals surface area contributed by atoms with Gasteiger partial charge in [-0.15, -0.1) is 0 Å². The molecule has 1 atom stereocenters. The zero-order valence-corrected chi connectivity index (χ0v) is 13.0. The van der Waals surface area contributed by atoms with E-state index < -0.39 is 0 Å². The van der Waals surface area contributed by atoms with E-state index in [0.717, 1.165) is 13.0 Å². The number of hydrogen-bond acceptors (Lipinski definition) is 2. The van der Waals surface area contributed by atoms with E-state index in [1.54, 1.807) is 11.1 Å². The van der Waals surface area contributed by atoms with Crippen LogP contribution in [-0.2, 0) is 19.3 Å². The van der Waals surface area contributed by atoms with Gasteiger partial charge >= 0.3 is 0 Å². The lowest BCUT2D eigenvalue weighted by molar-refractivity contribution is 0.534. The van der Waals surface area contributed by atoms with Crippen LogP contribution in [0.2, 0.25) is 0 Å². The SMILES string of the molecule is CCNC(Cc1ccc2c(c1)CCC2)c1ncccc1C. The highest BCUT2D eigenvalue weighted by atomic mass is 14.9. The summed E-state index contributed by atoms with van der Waals surface area (Å²) < 4.78 is 0. The molecule has 0 amide bonds. The Morgan fingerprint density at radius 1 is 1.19 bits per heavy atom. The lowest BCUT2D eigenvalue weighted by Crippen LogP contribution is -2.24. The summed E-state index contributed by atoms with van der Waals surface area (Å²) in [6.07, 6.45) is 6.73. The van der Waals surface area contributed by atoms with Gasteiger partial charge in [0.2, 0.25) is 0 Å². The van der Waals surface area contributed by atoms with Crippen LogP contribution in [0.5, 0.6) is 0 Å². The first-order valence-corrected chi connectivity index (χ1v) is 8.03. The summed E-state index contributed by atoms with van der Waals surface area (Å²) in [6.45, 7) is 5.27. The summed E-state index contributed by atoms with van der Waals surface area (Å²) in [5.41, 5.74) is 6.98. The molecule has 1 heterocycles. The van der Waals surface area contributed by atoms with E-state index in [9.17, 15) is 0 Å². The van der Waals surface area contributed by atoms with Crippen molar-refractivity contribution in [1.82, 2.24) is 10.3 Å². The second kappa shape index (κ2) is 6.40. The van der Waals surface area contributed by atoms with Crippen LogP contribution < -0.4 is 5.32 Å². The Bertz CT molecular complexity index is 619. The van der Waals surface area contributed by atoms with Crippen molar-refractivity contribution in [2.24, 2.45) is 0 Å². The number of aryl methyl sites for hydroxylation is 3. The Balaban J connectivity index is 1.84. The number of aromatic nitrogens is 1. The van der Waals surface area contributed by atoms with Crippen LogP contribution in [0.25, 0.3) is 0 Å². The monoisotopic (exact) mass is 280 g/mol. The van der Waals surface area contributed by atoms with Crippen molar-refractivity contribution in [1.29, 1.82) is 0 Å². The molecule has 1 aromatic heterocycles. The third-order valence-corrected chi connectivity index (χ3v) is 4.43.